The van der Waals surface area contributed by atoms with Crippen LogP contribution in [0.15, 0.2) is 18.2 Å². The van der Waals surface area contributed by atoms with E-state index in [0.717, 1.165) is 11.8 Å². The fourth-order valence-electron chi connectivity index (χ4n) is 1.27. The van der Waals surface area contributed by atoms with Gasteiger partial charge in [-0.05, 0) is 12.5 Å². The molecule has 88 valence electrons. The molecule has 0 aliphatic heterocycles. The van der Waals surface area contributed by atoms with Gasteiger partial charge in [-0.2, -0.15) is 0 Å². The van der Waals surface area contributed by atoms with Gasteiger partial charge in [-0.1, -0.05) is 44.0 Å². The molecule has 1 unspecified atom stereocenters. The van der Waals surface area contributed by atoms with Crippen molar-refractivity contribution in [2.24, 2.45) is 0 Å². The summed E-state index contributed by atoms with van der Waals surface area (Å²) < 4.78 is 18.4. The van der Waals surface area contributed by atoms with Gasteiger partial charge < -0.3 is 4.74 Å². The SMILES string of the molecule is CC(=O)Oc1c(F)cccc1C(Br)CCBr. The quantitative estimate of drug-likeness (QED) is 0.465. The van der Waals surface area contributed by atoms with Crippen LogP contribution in [0.2, 0.25) is 0 Å². The Morgan fingerprint density at radius 1 is 1.56 bits per heavy atom. The van der Waals surface area contributed by atoms with Crippen molar-refractivity contribution in [1.82, 2.24) is 0 Å². The summed E-state index contributed by atoms with van der Waals surface area (Å²) in [5.41, 5.74) is 0.648. The maximum absolute atomic E-state index is 13.5. The van der Waals surface area contributed by atoms with Crippen molar-refractivity contribution in [2.75, 3.05) is 5.33 Å². The Hall–Kier alpha value is -0.420. The van der Waals surface area contributed by atoms with Gasteiger partial charge in [-0.3, -0.25) is 4.79 Å². The topological polar surface area (TPSA) is 26.3 Å². The summed E-state index contributed by atoms with van der Waals surface area (Å²) >= 11 is 6.74. The average Bonchev–Trinajstić information content (AvgIpc) is 2.20. The minimum absolute atomic E-state index is 0.0119. The Morgan fingerprint density at radius 3 is 2.81 bits per heavy atom. The third kappa shape index (κ3) is 3.56. The molecule has 2 nitrogen and oxygen atoms in total. The molecule has 0 saturated heterocycles. The van der Waals surface area contributed by atoms with Crippen molar-refractivity contribution in [2.45, 2.75) is 18.2 Å². The molecule has 1 atom stereocenters. The summed E-state index contributed by atoms with van der Waals surface area (Å²) in [6.45, 7) is 1.25. The molecule has 0 amide bonds. The van der Waals surface area contributed by atoms with Crippen LogP contribution in [0.3, 0.4) is 0 Å². The number of halogens is 3. The van der Waals surface area contributed by atoms with Crippen molar-refractivity contribution in [1.29, 1.82) is 0 Å². The van der Waals surface area contributed by atoms with Crippen LogP contribution in [-0.4, -0.2) is 11.3 Å². The first kappa shape index (κ1) is 13.6. The number of ether oxygens (including phenoxy) is 1. The van der Waals surface area contributed by atoms with Crippen LogP contribution >= 0.6 is 31.9 Å². The summed E-state index contributed by atoms with van der Waals surface area (Å²) in [7, 11) is 0. The van der Waals surface area contributed by atoms with Gasteiger partial charge in [0.25, 0.3) is 0 Å². The third-order valence-corrected chi connectivity index (χ3v) is 3.35. The van der Waals surface area contributed by atoms with E-state index in [2.05, 4.69) is 31.9 Å². The molecule has 1 aromatic rings. The molecular formula is C11H11Br2FO2. The summed E-state index contributed by atoms with van der Waals surface area (Å²) in [5.74, 6) is -1.03. The molecular weight excluding hydrogens is 343 g/mol. The first-order valence-corrected chi connectivity index (χ1v) is 6.76. The molecule has 1 rings (SSSR count). The number of hydrogen-bond donors (Lipinski definition) is 0. The van der Waals surface area contributed by atoms with E-state index < -0.39 is 11.8 Å². The zero-order chi connectivity index (χ0) is 12.1. The molecule has 0 aliphatic carbocycles. The predicted molar refractivity (Wildman–Crippen MR) is 67.8 cm³/mol. The molecule has 0 aliphatic rings. The summed E-state index contributed by atoms with van der Waals surface area (Å²) in [4.78, 5) is 10.8. The van der Waals surface area contributed by atoms with E-state index in [1.54, 1.807) is 12.1 Å². The van der Waals surface area contributed by atoms with Crippen LogP contribution in [0.25, 0.3) is 0 Å². The van der Waals surface area contributed by atoms with Crippen molar-refractivity contribution in [3.8, 4) is 5.75 Å². The number of para-hydroxylation sites is 1. The summed E-state index contributed by atoms with van der Waals surface area (Å²) in [6, 6.07) is 4.61. The maximum atomic E-state index is 13.5. The molecule has 0 spiro atoms. The van der Waals surface area contributed by atoms with Gasteiger partial charge in [0.2, 0.25) is 0 Å². The highest BCUT2D eigenvalue weighted by molar-refractivity contribution is 9.09. The Kier molecular flexibility index (Phi) is 5.41. The molecule has 16 heavy (non-hydrogen) atoms. The van der Waals surface area contributed by atoms with Crippen molar-refractivity contribution < 1.29 is 13.9 Å². The third-order valence-electron chi connectivity index (χ3n) is 1.94. The highest BCUT2D eigenvalue weighted by Crippen LogP contribution is 2.35. The van der Waals surface area contributed by atoms with Crippen LogP contribution in [0.5, 0.6) is 5.75 Å². The van der Waals surface area contributed by atoms with Crippen molar-refractivity contribution in [3.63, 3.8) is 0 Å². The van der Waals surface area contributed by atoms with Crippen LogP contribution in [-0.2, 0) is 4.79 Å². The van der Waals surface area contributed by atoms with E-state index in [-0.39, 0.29) is 10.6 Å². The minimum atomic E-state index is -0.523. The van der Waals surface area contributed by atoms with Gasteiger partial charge in [0.1, 0.15) is 0 Å². The Balaban J connectivity index is 3.06. The number of carbonyl (C=O) groups is 1. The van der Waals surface area contributed by atoms with E-state index in [0.29, 0.717) is 5.56 Å². The van der Waals surface area contributed by atoms with Gasteiger partial charge in [0, 0.05) is 22.6 Å². The molecule has 0 fully saturated rings. The zero-order valence-corrected chi connectivity index (χ0v) is 11.8. The van der Waals surface area contributed by atoms with Gasteiger partial charge in [-0.25, -0.2) is 4.39 Å². The number of benzene rings is 1. The highest BCUT2D eigenvalue weighted by Gasteiger charge is 2.17. The largest absolute Gasteiger partial charge is 0.423 e. The summed E-state index contributed by atoms with van der Waals surface area (Å²) in [5, 5.41) is 0.777. The first-order chi connectivity index (χ1) is 7.56. The molecule has 0 N–H and O–H groups in total. The molecule has 0 radical (unpaired) electrons. The first-order valence-electron chi connectivity index (χ1n) is 4.73. The van der Waals surface area contributed by atoms with E-state index in [1.807, 2.05) is 0 Å². The lowest BCUT2D eigenvalue weighted by atomic mass is 10.1. The van der Waals surface area contributed by atoms with Crippen LogP contribution in [0, 0.1) is 5.82 Å². The number of rotatable bonds is 4. The van der Waals surface area contributed by atoms with E-state index in [4.69, 9.17) is 4.74 Å². The smallest absolute Gasteiger partial charge is 0.308 e. The fourth-order valence-corrected chi connectivity index (χ4v) is 2.94. The standard InChI is InChI=1S/C11H11Br2FO2/c1-7(15)16-11-8(9(13)5-6-12)3-2-4-10(11)14/h2-4,9H,5-6H2,1H3. The van der Waals surface area contributed by atoms with Crippen LogP contribution in [0.1, 0.15) is 23.7 Å². The molecule has 0 aromatic heterocycles. The lowest BCUT2D eigenvalue weighted by Gasteiger charge is -2.13. The molecule has 0 bridgehead atoms. The van der Waals surface area contributed by atoms with E-state index in [1.165, 1.54) is 13.0 Å². The number of esters is 1. The van der Waals surface area contributed by atoms with Gasteiger partial charge >= 0.3 is 5.97 Å². The zero-order valence-electron chi connectivity index (χ0n) is 8.67. The lowest BCUT2D eigenvalue weighted by molar-refractivity contribution is -0.132. The number of hydrogen-bond acceptors (Lipinski definition) is 2. The molecule has 0 saturated carbocycles. The van der Waals surface area contributed by atoms with Crippen LogP contribution in [0.4, 0.5) is 4.39 Å². The fraction of sp³-hybridized carbons (Fsp3) is 0.364. The second-order valence-electron chi connectivity index (χ2n) is 3.20. The Morgan fingerprint density at radius 2 is 2.25 bits per heavy atom. The maximum Gasteiger partial charge on any atom is 0.308 e. The molecule has 5 heteroatoms. The average molecular weight is 354 g/mol. The highest BCUT2D eigenvalue weighted by atomic mass is 79.9. The van der Waals surface area contributed by atoms with Gasteiger partial charge in [0.05, 0.1) is 0 Å². The predicted octanol–water partition coefficient (Wildman–Crippen LogP) is 3.97. The van der Waals surface area contributed by atoms with Crippen molar-refractivity contribution in [3.05, 3.63) is 29.6 Å². The van der Waals surface area contributed by atoms with Crippen LogP contribution < -0.4 is 4.74 Å². The normalized spacial score (nSPS) is 12.2. The molecule has 1 aromatic carbocycles. The Bertz CT molecular complexity index is 382. The van der Waals surface area contributed by atoms with Crippen molar-refractivity contribution >= 4 is 37.8 Å². The van der Waals surface area contributed by atoms with E-state index >= 15 is 0 Å². The number of carbonyl (C=O) groups excluding carboxylic acids is 1. The summed E-state index contributed by atoms with van der Waals surface area (Å²) in [6.07, 6.45) is 0.776. The monoisotopic (exact) mass is 352 g/mol. The second-order valence-corrected chi connectivity index (χ2v) is 5.10. The number of alkyl halides is 2. The molecule has 0 heterocycles. The second kappa shape index (κ2) is 6.35. The van der Waals surface area contributed by atoms with Gasteiger partial charge in [-0.15, -0.1) is 0 Å². The Labute approximate surface area is 110 Å². The minimum Gasteiger partial charge on any atom is -0.423 e. The van der Waals surface area contributed by atoms with Gasteiger partial charge in [0.15, 0.2) is 11.6 Å². The van der Waals surface area contributed by atoms with E-state index in [9.17, 15) is 9.18 Å². The lowest BCUT2D eigenvalue weighted by Crippen LogP contribution is -2.07.